The van der Waals surface area contributed by atoms with Gasteiger partial charge in [0.05, 0.1) is 5.56 Å². The summed E-state index contributed by atoms with van der Waals surface area (Å²) in [4.78, 5) is 3.67. The molecule has 84 valence electrons. The van der Waals surface area contributed by atoms with Gasteiger partial charge in [-0.25, -0.2) is 22.9 Å². The molecule has 2 rings (SSSR count). The van der Waals surface area contributed by atoms with Crippen LogP contribution < -0.4 is 5.14 Å². The lowest BCUT2D eigenvalue weighted by Crippen LogP contribution is -2.11. The van der Waals surface area contributed by atoms with Crippen LogP contribution in [0.2, 0.25) is 0 Å². The van der Waals surface area contributed by atoms with E-state index in [0.29, 0.717) is 11.5 Å². The predicted molar refractivity (Wildman–Crippen MR) is 56.7 cm³/mol. The van der Waals surface area contributed by atoms with E-state index in [1.807, 2.05) is 0 Å². The van der Waals surface area contributed by atoms with Gasteiger partial charge in [-0.2, -0.15) is 4.37 Å². The number of nitrogens with two attached hydrogens (primary N) is 1. The molecule has 1 aromatic heterocycles. The number of sulfonamides is 1. The molecular formula is C8H6FN3O2S2. The van der Waals surface area contributed by atoms with Crippen molar-refractivity contribution in [2.45, 2.75) is 4.34 Å². The number of halogens is 1. The van der Waals surface area contributed by atoms with Crippen LogP contribution in [0.4, 0.5) is 4.39 Å². The first kappa shape index (κ1) is 11.1. The third-order valence-corrected chi connectivity index (χ3v) is 3.78. The molecule has 2 N–H and O–H groups in total. The summed E-state index contributed by atoms with van der Waals surface area (Å²) in [6.07, 6.45) is 0. The van der Waals surface area contributed by atoms with Gasteiger partial charge < -0.3 is 0 Å². The summed E-state index contributed by atoms with van der Waals surface area (Å²) in [6.45, 7) is 0. The number of nitrogens with zero attached hydrogens (tertiary/aromatic N) is 2. The lowest BCUT2D eigenvalue weighted by atomic mass is 10.2. The van der Waals surface area contributed by atoms with Crippen molar-refractivity contribution >= 4 is 21.6 Å². The summed E-state index contributed by atoms with van der Waals surface area (Å²) in [5, 5.41) is 4.87. The van der Waals surface area contributed by atoms with Crippen molar-refractivity contribution in [2.75, 3.05) is 0 Å². The topological polar surface area (TPSA) is 85.9 Å². The first-order valence-corrected chi connectivity index (χ1v) is 6.42. The molecule has 5 nitrogen and oxygen atoms in total. The van der Waals surface area contributed by atoms with Crippen molar-refractivity contribution < 1.29 is 12.8 Å². The lowest BCUT2D eigenvalue weighted by molar-refractivity contribution is 0.597. The van der Waals surface area contributed by atoms with Crippen molar-refractivity contribution in [3.05, 3.63) is 30.1 Å². The Bertz CT molecular complexity index is 624. The maximum absolute atomic E-state index is 13.3. The predicted octanol–water partition coefficient (Wildman–Crippen LogP) is 0.992. The van der Waals surface area contributed by atoms with E-state index >= 15 is 0 Å². The minimum atomic E-state index is -3.88. The first-order valence-electron chi connectivity index (χ1n) is 4.10. The molecule has 0 aliphatic heterocycles. The number of benzene rings is 1. The molecule has 0 spiro atoms. The molecule has 0 bridgehead atoms. The van der Waals surface area contributed by atoms with Crippen LogP contribution in [0, 0.1) is 5.82 Å². The van der Waals surface area contributed by atoms with Gasteiger partial charge in [0.2, 0.25) is 4.34 Å². The van der Waals surface area contributed by atoms with Crippen molar-refractivity contribution in [3.8, 4) is 11.4 Å². The SMILES string of the molecule is NS(=O)(=O)c1nc(-c2ccccc2F)ns1. The van der Waals surface area contributed by atoms with Crippen LogP contribution in [-0.2, 0) is 10.0 Å². The van der Waals surface area contributed by atoms with Gasteiger partial charge in [0.1, 0.15) is 5.82 Å². The van der Waals surface area contributed by atoms with E-state index in [-0.39, 0.29) is 15.7 Å². The number of hydrogen-bond donors (Lipinski definition) is 1. The molecular weight excluding hydrogens is 253 g/mol. The summed E-state index contributed by atoms with van der Waals surface area (Å²) in [7, 11) is -3.88. The molecule has 0 amide bonds. The Morgan fingerprint density at radius 3 is 2.56 bits per heavy atom. The Balaban J connectivity index is 2.52. The van der Waals surface area contributed by atoms with Gasteiger partial charge >= 0.3 is 0 Å². The zero-order chi connectivity index (χ0) is 11.8. The Hall–Kier alpha value is -1.38. The summed E-state index contributed by atoms with van der Waals surface area (Å²) in [5.74, 6) is -0.492. The molecule has 16 heavy (non-hydrogen) atoms. The van der Waals surface area contributed by atoms with Crippen LogP contribution in [-0.4, -0.2) is 17.8 Å². The highest BCUT2D eigenvalue weighted by atomic mass is 32.2. The third-order valence-electron chi connectivity index (χ3n) is 1.77. The van der Waals surface area contributed by atoms with Gasteiger partial charge in [0.25, 0.3) is 10.0 Å². The largest absolute Gasteiger partial charge is 0.266 e. The van der Waals surface area contributed by atoms with Gasteiger partial charge in [0.15, 0.2) is 5.82 Å². The molecule has 0 saturated carbocycles. The molecule has 2 aromatic rings. The molecule has 1 heterocycles. The minimum Gasteiger partial charge on any atom is -0.223 e. The fourth-order valence-corrected chi connectivity index (χ4v) is 2.25. The normalized spacial score (nSPS) is 11.6. The molecule has 0 saturated heterocycles. The molecule has 0 fully saturated rings. The zero-order valence-corrected chi connectivity index (χ0v) is 9.43. The summed E-state index contributed by atoms with van der Waals surface area (Å²) in [5.41, 5.74) is 0.147. The van der Waals surface area contributed by atoms with Crippen molar-refractivity contribution in [1.29, 1.82) is 0 Å². The van der Waals surface area contributed by atoms with E-state index in [2.05, 4.69) is 9.36 Å². The highest BCUT2D eigenvalue weighted by molar-refractivity contribution is 7.91. The smallest absolute Gasteiger partial charge is 0.223 e. The van der Waals surface area contributed by atoms with Gasteiger partial charge in [-0.15, -0.1) is 0 Å². The van der Waals surface area contributed by atoms with E-state index in [4.69, 9.17) is 5.14 Å². The Morgan fingerprint density at radius 1 is 1.31 bits per heavy atom. The lowest BCUT2D eigenvalue weighted by Gasteiger charge is -1.95. The average Bonchev–Trinajstić information content (AvgIpc) is 2.66. The standard InChI is InChI=1S/C8H6FN3O2S2/c9-6-4-2-1-3-5(6)7-11-8(15-12-7)16(10,13)14/h1-4H,(H2,10,13,14). The van der Waals surface area contributed by atoms with Gasteiger partial charge in [-0.05, 0) is 23.7 Å². The van der Waals surface area contributed by atoms with Crippen LogP contribution in [0.25, 0.3) is 11.4 Å². The minimum absolute atomic E-state index is 0.0205. The number of rotatable bonds is 2. The molecule has 0 atom stereocenters. The maximum Gasteiger partial charge on any atom is 0.266 e. The fourth-order valence-electron chi connectivity index (χ4n) is 1.08. The van der Waals surface area contributed by atoms with E-state index in [1.165, 1.54) is 18.2 Å². The second-order valence-corrected chi connectivity index (χ2v) is 5.40. The van der Waals surface area contributed by atoms with Crippen LogP contribution >= 0.6 is 11.5 Å². The summed E-state index contributed by atoms with van der Waals surface area (Å²) in [6, 6.07) is 5.83. The Kier molecular flexibility index (Phi) is 2.70. The number of primary sulfonamides is 1. The Morgan fingerprint density at radius 2 is 2.00 bits per heavy atom. The zero-order valence-electron chi connectivity index (χ0n) is 7.79. The van der Waals surface area contributed by atoms with E-state index in [0.717, 1.165) is 0 Å². The molecule has 0 aliphatic carbocycles. The highest BCUT2D eigenvalue weighted by Crippen LogP contribution is 2.22. The maximum atomic E-state index is 13.3. The molecule has 0 unspecified atom stereocenters. The van der Waals surface area contributed by atoms with Crippen LogP contribution in [0.3, 0.4) is 0 Å². The second kappa shape index (κ2) is 3.89. The quantitative estimate of drug-likeness (QED) is 0.871. The van der Waals surface area contributed by atoms with Crippen LogP contribution in [0.5, 0.6) is 0 Å². The third kappa shape index (κ3) is 2.08. The fraction of sp³-hybridized carbons (Fsp3) is 0. The average molecular weight is 259 g/mol. The molecule has 0 radical (unpaired) electrons. The molecule has 8 heteroatoms. The monoisotopic (exact) mass is 259 g/mol. The number of aromatic nitrogens is 2. The first-order chi connectivity index (χ1) is 7.48. The molecule has 1 aromatic carbocycles. The van der Waals surface area contributed by atoms with Crippen LogP contribution in [0.15, 0.2) is 28.6 Å². The van der Waals surface area contributed by atoms with Crippen LogP contribution in [0.1, 0.15) is 0 Å². The van der Waals surface area contributed by atoms with Crippen molar-refractivity contribution in [2.24, 2.45) is 5.14 Å². The summed E-state index contributed by atoms with van der Waals surface area (Å²) < 4.78 is 38.7. The van der Waals surface area contributed by atoms with Gasteiger partial charge in [-0.1, -0.05) is 12.1 Å². The van der Waals surface area contributed by atoms with Crippen molar-refractivity contribution in [1.82, 2.24) is 9.36 Å². The van der Waals surface area contributed by atoms with Crippen molar-refractivity contribution in [3.63, 3.8) is 0 Å². The highest BCUT2D eigenvalue weighted by Gasteiger charge is 2.17. The molecule has 0 aliphatic rings. The second-order valence-electron chi connectivity index (χ2n) is 2.91. The van der Waals surface area contributed by atoms with E-state index < -0.39 is 15.8 Å². The summed E-state index contributed by atoms with van der Waals surface area (Å²) >= 11 is 0.619. The Labute approximate surface area is 95.0 Å². The van der Waals surface area contributed by atoms with Gasteiger partial charge in [-0.3, -0.25) is 0 Å². The van der Waals surface area contributed by atoms with E-state index in [9.17, 15) is 12.8 Å². The number of hydrogen-bond acceptors (Lipinski definition) is 5. The van der Waals surface area contributed by atoms with Gasteiger partial charge in [0, 0.05) is 0 Å². The van der Waals surface area contributed by atoms with E-state index in [1.54, 1.807) is 6.07 Å².